The Labute approximate surface area is 469 Å². The van der Waals surface area contributed by atoms with E-state index >= 15 is 0 Å². The molecule has 0 heterocycles. The van der Waals surface area contributed by atoms with Crippen LogP contribution in [0, 0.1) is 0 Å². The summed E-state index contributed by atoms with van der Waals surface area (Å²) in [6.45, 7) is 4.98. The molecule has 0 rings (SSSR count). The van der Waals surface area contributed by atoms with Crippen LogP contribution >= 0.6 is 0 Å². The molecule has 0 radical (unpaired) electrons. The van der Waals surface area contributed by atoms with E-state index < -0.39 is 12.1 Å². The minimum Gasteiger partial charge on any atom is -0.466 e. The van der Waals surface area contributed by atoms with Crippen LogP contribution in [-0.4, -0.2) is 47.4 Å². The van der Waals surface area contributed by atoms with Crippen LogP contribution in [0.1, 0.15) is 393 Å². The normalized spacial score (nSPS) is 12.5. The summed E-state index contributed by atoms with van der Waals surface area (Å²) in [6.07, 6.45) is 79.7. The van der Waals surface area contributed by atoms with Crippen molar-refractivity contribution in [3.05, 3.63) is 12.2 Å². The number of nitrogens with one attached hydrogen (secondary N) is 1. The molecule has 3 N–H and O–H groups in total. The smallest absolute Gasteiger partial charge is 0.305 e. The molecule has 0 aliphatic rings. The lowest BCUT2D eigenvalue weighted by Crippen LogP contribution is -2.45. The number of hydrogen-bond donors (Lipinski definition) is 3. The molecule has 1 amide bonds. The standard InChI is InChI=1S/C69H135NO5/c1-3-5-7-9-11-13-15-17-19-31-35-39-43-47-51-55-59-63-69(74)75-64-60-56-52-48-44-40-36-33-30-28-26-24-22-20-21-23-25-27-29-32-34-38-42-46-50-54-58-62-68(73)70-66(65-71)67(72)61-57-53-49-45-41-37-18-16-14-12-10-8-6-4-2/h17,19,66-67,71-72H,3-16,18,20-65H2,1-2H3,(H,70,73)/b19-17-. The maximum Gasteiger partial charge on any atom is 0.305 e. The van der Waals surface area contributed by atoms with Crippen LogP contribution in [0.3, 0.4) is 0 Å². The Hall–Kier alpha value is -1.40. The monoisotopic (exact) mass is 1060 g/mol. The van der Waals surface area contributed by atoms with Crippen molar-refractivity contribution in [3.63, 3.8) is 0 Å². The largest absolute Gasteiger partial charge is 0.466 e. The fraction of sp³-hybridized carbons (Fsp3) is 0.942. The first-order chi connectivity index (χ1) is 37.0. The first-order valence-electron chi connectivity index (χ1n) is 34.4. The van der Waals surface area contributed by atoms with Gasteiger partial charge in [0.1, 0.15) is 0 Å². The Morgan fingerprint density at radius 3 is 0.947 bits per heavy atom. The molecular weight excluding hydrogens is 923 g/mol. The van der Waals surface area contributed by atoms with Crippen molar-refractivity contribution in [1.82, 2.24) is 5.32 Å². The molecular formula is C69H135NO5. The molecule has 75 heavy (non-hydrogen) atoms. The number of unbranched alkanes of at least 4 members (excludes halogenated alkanes) is 52. The van der Waals surface area contributed by atoms with Crippen LogP contribution in [0.2, 0.25) is 0 Å². The third-order valence-electron chi connectivity index (χ3n) is 16.3. The van der Waals surface area contributed by atoms with E-state index in [0.29, 0.717) is 25.9 Å². The van der Waals surface area contributed by atoms with Crippen molar-refractivity contribution in [1.29, 1.82) is 0 Å². The molecule has 0 saturated heterocycles. The predicted octanol–water partition coefficient (Wildman–Crippen LogP) is 22.0. The molecule has 0 saturated carbocycles. The molecule has 2 atom stereocenters. The highest BCUT2D eigenvalue weighted by atomic mass is 16.5. The summed E-state index contributed by atoms with van der Waals surface area (Å²) in [5, 5.41) is 23.3. The Balaban J connectivity index is 3.32. The van der Waals surface area contributed by atoms with Crippen molar-refractivity contribution in [3.8, 4) is 0 Å². The fourth-order valence-electron chi connectivity index (χ4n) is 11.1. The minimum atomic E-state index is -0.661. The van der Waals surface area contributed by atoms with Crippen LogP contribution in [-0.2, 0) is 14.3 Å². The van der Waals surface area contributed by atoms with Crippen LogP contribution in [0.15, 0.2) is 12.2 Å². The maximum absolute atomic E-state index is 12.5. The Kier molecular flexibility index (Phi) is 63.9. The maximum atomic E-state index is 12.5. The summed E-state index contributed by atoms with van der Waals surface area (Å²) in [5.41, 5.74) is 0. The Morgan fingerprint density at radius 2 is 0.627 bits per heavy atom. The van der Waals surface area contributed by atoms with Gasteiger partial charge < -0.3 is 20.3 Å². The van der Waals surface area contributed by atoms with Crippen molar-refractivity contribution in [2.75, 3.05) is 13.2 Å². The molecule has 2 unspecified atom stereocenters. The van der Waals surface area contributed by atoms with Gasteiger partial charge in [-0.05, 0) is 51.4 Å². The lowest BCUT2D eigenvalue weighted by molar-refractivity contribution is -0.143. The van der Waals surface area contributed by atoms with E-state index in [9.17, 15) is 19.8 Å². The lowest BCUT2D eigenvalue weighted by atomic mass is 10.0. The summed E-state index contributed by atoms with van der Waals surface area (Å²) in [6, 6.07) is -0.538. The summed E-state index contributed by atoms with van der Waals surface area (Å²) >= 11 is 0. The van der Waals surface area contributed by atoms with E-state index in [2.05, 4.69) is 31.3 Å². The van der Waals surface area contributed by atoms with Crippen LogP contribution in [0.25, 0.3) is 0 Å². The molecule has 6 heteroatoms. The molecule has 0 spiro atoms. The lowest BCUT2D eigenvalue weighted by Gasteiger charge is -2.22. The zero-order valence-corrected chi connectivity index (χ0v) is 51.1. The number of carbonyl (C=O) groups is 2. The second kappa shape index (κ2) is 65.1. The predicted molar refractivity (Wildman–Crippen MR) is 329 cm³/mol. The van der Waals surface area contributed by atoms with Crippen LogP contribution in [0.5, 0.6) is 0 Å². The Morgan fingerprint density at radius 1 is 0.360 bits per heavy atom. The zero-order chi connectivity index (χ0) is 54.3. The van der Waals surface area contributed by atoms with Crippen LogP contribution in [0.4, 0.5) is 0 Å². The molecule has 0 aromatic rings. The van der Waals surface area contributed by atoms with Crippen LogP contribution < -0.4 is 5.32 Å². The van der Waals surface area contributed by atoms with Gasteiger partial charge in [0.25, 0.3) is 0 Å². The minimum absolute atomic E-state index is 0.0157. The number of ether oxygens (including phenoxy) is 1. The van der Waals surface area contributed by atoms with Gasteiger partial charge in [-0.2, -0.15) is 0 Å². The quantitative estimate of drug-likeness (QED) is 0.0320. The van der Waals surface area contributed by atoms with Gasteiger partial charge in [-0.3, -0.25) is 9.59 Å². The van der Waals surface area contributed by atoms with Gasteiger partial charge in [-0.25, -0.2) is 0 Å². The third-order valence-corrected chi connectivity index (χ3v) is 16.3. The van der Waals surface area contributed by atoms with Gasteiger partial charge in [0, 0.05) is 12.8 Å². The molecule has 446 valence electrons. The highest BCUT2D eigenvalue weighted by Gasteiger charge is 2.20. The van der Waals surface area contributed by atoms with Crippen molar-refractivity contribution in [2.24, 2.45) is 0 Å². The SMILES string of the molecule is CCCCCCCC/C=C\CCCCCCCCCC(=O)OCCCCCCCCCCCCCCCCCCCCCCCCCCCCCC(=O)NC(CO)C(O)CCCCCCCCCCCCCCCC. The highest BCUT2D eigenvalue weighted by molar-refractivity contribution is 5.76. The number of allylic oxidation sites excluding steroid dienone is 2. The molecule has 6 nitrogen and oxygen atoms in total. The van der Waals surface area contributed by atoms with Gasteiger partial charge in [0.2, 0.25) is 5.91 Å². The third kappa shape index (κ3) is 61.7. The molecule has 0 fully saturated rings. The van der Waals surface area contributed by atoms with E-state index in [4.69, 9.17) is 4.74 Å². The molecule has 0 bridgehead atoms. The molecule has 0 aliphatic carbocycles. The van der Waals surface area contributed by atoms with Gasteiger partial charge in [-0.15, -0.1) is 0 Å². The van der Waals surface area contributed by atoms with Crippen molar-refractivity contribution in [2.45, 2.75) is 405 Å². The van der Waals surface area contributed by atoms with Gasteiger partial charge >= 0.3 is 5.97 Å². The zero-order valence-electron chi connectivity index (χ0n) is 51.1. The van der Waals surface area contributed by atoms with E-state index in [1.165, 1.54) is 315 Å². The van der Waals surface area contributed by atoms with Gasteiger partial charge in [0.05, 0.1) is 25.4 Å². The highest BCUT2D eigenvalue weighted by Crippen LogP contribution is 2.19. The summed E-state index contributed by atoms with van der Waals surface area (Å²) in [5.74, 6) is -0.0139. The number of aliphatic hydroxyl groups excluding tert-OH is 2. The first kappa shape index (κ1) is 73.6. The number of amides is 1. The number of aliphatic hydroxyl groups is 2. The first-order valence-corrected chi connectivity index (χ1v) is 34.4. The molecule has 0 aromatic heterocycles. The number of carbonyl (C=O) groups excluding carboxylic acids is 2. The van der Waals surface area contributed by atoms with E-state index in [-0.39, 0.29) is 18.5 Å². The van der Waals surface area contributed by atoms with Crippen molar-refractivity contribution < 1.29 is 24.5 Å². The van der Waals surface area contributed by atoms with E-state index in [0.717, 1.165) is 44.9 Å². The summed E-state index contributed by atoms with van der Waals surface area (Å²) in [7, 11) is 0. The fourth-order valence-corrected chi connectivity index (χ4v) is 11.1. The molecule has 0 aromatic carbocycles. The second-order valence-corrected chi connectivity index (χ2v) is 23.9. The second-order valence-electron chi connectivity index (χ2n) is 23.9. The number of hydrogen-bond acceptors (Lipinski definition) is 5. The van der Waals surface area contributed by atoms with Crippen molar-refractivity contribution >= 4 is 11.9 Å². The average Bonchev–Trinajstić information content (AvgIpc) is 3.41. The Bertz CT molecular complexity index is 1130. The molecule has 0 aliphatic heterocycles. The summed E-state index contributed by atoms with van der Waals surface area (Å²) in [4.78, 5) is 24.6. The number of esters is 1. The summed E-state index contributed by atoms with van der Waals surface area (Å²) < 4.78 is 5.50. The van der Waals surface area contributed by atoms with Gasteiger partial charge in [-0.1, -0.05) is 341 Å². The number of rotatable bonds is 65. The van der Waals surface area contributed by atoms with E-state index in [1.807, 2.05) is 0 Å². The topological polar surface area (TPSA) is 95.9 Å². The van der Waals surface area contributed by atoms with E-state index in [1.54, 1.807) is 0 Å². The van der Waals surface area contributed by atoms with Gasteiger partial charge in [0.15, 0.2) is 0 Å². The average molecular weight is 1060 g/mol.